The lowest BCUT2D eigenvalue weighted by Crippen LogP contribution is -2.17. The summed E-state index contributed by atoms with van der Waals surface area (Å²) >= 11 is 0. The average molecular weight is 208 g/mol. The van der Waals surface area contributed by atoms with E-state index in [1.165, 1.54) is 0 Å². The molecule has 0 fully saturated rings. The normalized spacial score (nSPS) is 12.5. The number of rotatable bonds is 6. The Morgan fingerprint density at radius 1 is 1.33 bits per heavy atom. The molecule has 1 N–H and O–H groups in total. The van der Waals surface area contributed by atoms with Crippen LogP contribution in [0.1, 0.15) is 31.7 Å². The molecule has 0 aliphatic rings. The fourth-order valence-electron chi connectivity index (χ4n) is 1.43. The van der Waals surface area contributed by atoms with Crippen LogP contribution in [0, 0.1) is 6.92 Å². The molecular formula is C13H20O2. The summed E-state index contributed by atoms with van der Waals surface area (Å²) in [6.07, 6.45) is 2.65. The van der Waals surface area contributed by atoms with Crippen molar-refractivity contribution in [3.8, 4) is 5.75 Å². The van der Waals surface area contributed by atoms with Crippen LogP contribution in [-0.2, 0) is 0 Å². The van der Waals surface area contributed by atoms with E-state index in [1.54, 1.807) is 0 Å². The number of hydrogen-bond donors (Lipinski definition) is 1. The highest BCUT2D eigenvalue weighted by atomic mass is 16.5. The molecule has 84 valence electrons. The minimum absolute atomic E-state index is 0.343. The molecule has 0 saturated heterocycles. The molecular weight excluding hydrogens is 188 g/mol. The molecule has 0 spiro atoms. The topological polar surface area (TPSA) is 29.5 Å². The van der Waals surface area contributed by atoms with Crippen molar-refractivity contribution < 1.29 is 9.84 Å². The van der Waals surface area contributed by atoms with Crippen LogP contribution in [0.5, 0.6) is 5.75 Å². The van der Waals surface area contributed by atoms with E-state index in [9.17, 15) is 5.11 Å². The first-order valence-corrected chi connectivity index (χ1v) is 5.60. The monoisotopic (exact) mass is 208 g/mol. The molecule has 0 saturated carbocycles. The molecule has 0 radical (unpaired) electrons. The molecule has 0 bridgehead atoms. The summed E-state index contributed by atoms with van der Waals surface area (Å²) in [5, 5.41) is 9.61. The van der Waals surface area contributed by atoms with E-state index in [2.05, 4.69) is 6.92 Å². The van der Waals surface area contributed by atoms with Crippen molar-refractivity contribution in [1.29, 1.82) is 0 Å². The van der Waals surface area contributed by atoms with Gasteiger partial charge in [0.05, 0.1) is 6.10 Å². The second kappa shape index (κ2) is 6.46. The number of aryl methyl sites for hydroxylation is 1. The molecule has 0 aliphatic heterocycles. The van der Waals surface area contributed by atoms with Crippen molar-refractivity contribution in [2.45, 2.75) is 39.2 Å². The summed E-state index contributed by atoms with van der Waals surface area (Å²) in [7, 11) is 0. The smallest absolute Gasteiger partial charge is 0.122 e. The van der Waals surface area contributed by atoms with Gasteiger partial charge < -0.3 is 9.84 Å². The van der Waals surface area contributed by atoms with Crippen LogP contribution in [0.2, 0.25) is 0 Å². The second-order valence-electron chi connectivity index (χ2n) is 3.87. The second-order valence-corrected chi connectivity index (χ2v) is 3.87. The maximum Gasteiger partial charge on any atom is 0.122 e. The molecule has 0 aromatic heterocycles. The SMILES string of the molecule is CCCC[C@H](O)COc1ccccc1C. The summed E-state index contributed by atoms with van der Waals surface area (Å²) in [4.78, 5) is 0. The van der Waals surface area contributed by atoms with E-state index in [1.807, 2.05) is 31.2 Å². The van der Waals surface area contributed by atoms with Crippen LogP contribution in [-0.4, -0.2) is 17.8 Å². The Labute approximate surface area is 91.9 Å². The zero-order valence-corrected chi connectivity index (χ0v) is 9.57. The highest BCUT2D eigenvalue weighted by molar-refractivity contribution is 5.31. The Hall–Kier alpha value is -1.02. The van der Waals surface area contributed by atoms with Crippen LogP contribution in [0.25, 0.3) is 0 Å². The van der Waals surface area contributed by atoms with E-state index in [0.29, 0.717) is 6.61 Å². The number of para-hydroxylation sites is 1. The highest BCUT2D eigenvalue weighted by Crippen LogP contribution is 2.16. The van der Waals surface area contributed by atoms with Gasteiger partial charge in [0.2, 0.25) is 0 Å². The third-order valence-electron chi connectivity index (χ3n) is 2.42. The first-order valence-electron chi connectivity index (χ1n) is 5.60. The minimum Gasteiger partial charge on any atom is -0.491 e. The number of benzene rings is 1. The van der Waals surface area contributed by atoms with Crippen molar-refractivity contribution in [1.82, 2.24) is 0 Å². The molecule has 0 heterocycles. The van der Waals surface area contributed by atoms with Gasteiger partial charge in [0.25, 0.3) is 0 Å². The summed E-state index contributed by atoms with van der Waals surface area (Å²) in [6, 6.07) is 7.87. The van der Waals surface area contributed by atoms with Gasteiger partial charge in [-0.2, -0.15) is 0 Å². The maximum absolute atomic E-state index is 9.61. The van der Waals surface area contributed by atoms with Crippen LogP contribution < -0.4 is 4.74 Å². The number of unbranched alkanes of at least 4 members (excludes halogenated alkanes) is 1. The van der Waals surface area contributed by atoms with Gasteiger partial charge >= 0.3 is 0 Å². The van der Waals surface area contributed by atoms with Crippen LogP contribution in [0.15, 0.2) is 24.3 Å². The highest BCUT2D eigenvalue weighted by Gasteiger charge is 2.05. The molecule has 15 heavy (non-hydrogen) atoms. The van der Waals surface area contributed by atoms with Gasteiger partial charge in [-0.1, -0.05) is 38.0 Å². The zero-order valence-electron chi connectivity index (χ0n) is 9.57. The van der Waals surface area contributed by atoms with Crippen LogP contribution >= 0.6 is 0 Å². The van der Waals surface area contributed by atoms with Gasteiger partial charge in [-0.25, -0.2) is 0 Å². The lowest BCUT2D eigenvalue weighted by molar-refractivity contribution is 0.0976. The molecule has 2 heteroatoms. The van der Waals surface area contributed by atoms with Crippen molar-refractivity contribution in [3.05, 3.63) is 29.8 Å². The van der Waals surface area contributed by atoms with E-state index in [-0.39, 0.29) is 6.10 Å². The van der Waals surface area contributed by atoms with E-state index in [4.69, 9.17) is 4.74 Å². The largest absolute Gasteiger partial charge is 0.491 e. The third kappa shape index (κ3) is 4.34. The number of aliphatic hydroxyl groups excluding tert-OH is 1. The van der Waals surface area contributed by atoms with Gasteiger partial charge in [0.1, 0.15) is 12.4 Å². The Balaban J connectivity index is 2.33. The molecule has 0 amide bonds. The van der Waals surface area contributed by atoms with Gasteiger partial charge in [-0.05, 0) is 25.0 Å². The minimum atomic E-state index is -0.343. The van der Waals surface area contributed by atoms with Crippen molar-refractivity contribution in [2.24, 2.45) is 0 Å². The van der Waals surface area contributed by atoms with E-state index in [0.717, 1.165) is 30.6 Å². The third-order valence-corrected chi connectivity index (χ3v) is 2.42. The Morgan fingerprint density at radius 2 is 2.07 bits per heavy atom. The van der Waals surface area contributed by atoms with Crippen LogP contribution in [0.4, 0.5) is 0 Å². The molecule has 2 nitrogen and oxygen atoms in total. The first-order chi connectivity index (χ1) is 7.24. The van der Waals surface area contributed by atoms with Crippen LogP contribution in [0.3, 0.4) is 0 Å². The van der Waals surface area contributed by atoms with Gasteiger partial charge in [0, 0.05) is 0 Å². The molecule has 0 unspecified atom stereocenters. The lowest BCUT2D eigenvalue weighted by atomic mass is 10.2. The predicted molar refractivity (Wildman–Crippen MR) is 62.2 cm³/mol. The van der Waals surface area contributed by atoms with E-state index >= 15 is 0 Å². The summed E-state index contributed by atoms with van der Waals surface area (Å²) < 4.78 is 5.55. The molecule has 1 rings (SSSR count). The van der Waals surface area contributed by atoms with Crippen molar-refractivity contribution in [3.63, 3.8) is 0 Å². The fourth-order valence-corrected chi connectivity index (χ4v) is 1.43. The van der Waals surface area contributed by atoms with Crippen molar-refractivity contribution in [2.75, 3.05) is 6.61 Å². The Kier molecular flexibility index (Phi) is 5.19. The van der Waals surface area contributed by atoms with E-state index < -0.39 is 0 Å². The molecule has 1 aromatic rings. The number of hydrogen-bond acceptors (Lipinski definition) is 2. The maximum atomic E-state index is 9.61. The van der Waals surface area contributed by atoms with Gasteiger partial charge in [-0.15, -0.1) is 0 Å². The Morgan fingerprint density at radius 3 is 2.73 bits per heavy atom. The lowest BCUT2D eigenvalue weighted by Gasteiger charge is -2.13. The summed E-state index contributed by atoms with van der Waals surface area (Å²) in [6.45, 7) is 4.52. The Bertz CT molecular complexity index is 284. The number of aliphatic hydroxyl groups is 1. The zero-order chi connectivity index (χ0) is 11.1. The van der Waals surface area contributed by atoms with Gasteiger partial charge in [0.15, 0.2) is 0 Å². The average Bonchev–Trinajstić information content (AvgIpc) is 2.25. The summed E-state index contributed by atoms with van der Waals surface area (Å²) in [5.41, 5.74) is 1.11. The fraction of sp³-hybridized carbons (Fsp3) is 0.538. The summed E-state index contributed by atoms with van der Waals surface area (Å²) in [5.74, 6) is 0.869. The molecule has 0 aliphatic carbocycles. The molecule has 1 aromatic carbocycles. The molecule has 1 atom stereocenters. The standard InChI is InChI=1S/C13H20O2/c1-3-4-8-12(14)10-15-13-9-6-5-7-11(13)2/h5-7,9,12,14H,3-4,8,10H2,1-2H3/t12-/m0/s1. The number of ether oxygens (including phenoxy) is 1. The van der Waals surface area contributed by atoms with Gasteiger partial charge in [-0.3, -0.25) is 0 Å². The quantitative estimate of drug-likeness (QED) is 0.779. The van der Waals surface area contributed by atoms with Crippen molar-refractivity contribution >= 4 is 0 Å². The first kappa shape index (κ1) is 12.1. The predicted octanol–water partition coefficient (Wildman–Crippen LogP) is 2.92.